The van der Waals surface area contributed by atoms with E-state index in [0.717, 1.165) is 0 Å². The Morgan fingerprint density at radius 3 is 2.56 bits per heavy atom. The molecule has 9 heteroatoms. The van der Waals surface area contributed by atoms with Crippen LogP contribution in [0.3, 0.4) is 0 Å². The van der Waals surface area contributed by atoms with Crippen LogP contribution in [0.5, 0.6) is 5.75 Å². The number of carbonyl (C=O) groups is 1. The summed E-state index contributed by atoms with van der Waals surface area (Å²) in [6.45, 7) is -3.36. The van der Waals surface area contributed by atoms with Gasteiger partial charge in [-0.3, -0.25) is 10.1 Å². The van der Waals surface area contributed by atoms with Crippen molar-refractivity contribution in [2.75, 3.05) is 0 Å². The second-order valence-electron chi connectivity index (χ2n) is 2.92. The molecule has 0 spiro atoms. The number of nitriles is 1. The van der Waals surface area contributed by atoms with E-state index < -0.39 is 34.5 Å². The maximum atomic E-state index is 12.1. The first-order valence-electron chi connectivity index (χ1n) is 4.27. The molecule has 0 aliphatic heterocycles. The van der Waals surface area contributed by atoms with E-state index >= 15 is 0 Å². The summed E-state index contributed by atoms with van der Waals surface area (Å²) in [6, 6.07) is 2.85. The highest BCUT2D eigenvalue weighted by Gasteiger charge is 2.28. The zero-order chi connectivity index (χ0) is 13.9. The summed E-state index contributed by atoms with van der Waals surface area (Å²) in [5.41, 5.74) is -2.38. The molecule has 0 aromatic heterocycles. The van der Waals surface area contributed by atoms with Gasteiger partial charge in [0.2, 0.25) is 0 Å². The fraction of sp³-hybridized carbons (Fsp3) is 0.111. The molecule has 0 bridgehead atoms. The van der Waals surface area contributed by atoms with Gasteiger partial charge in [0.15, 0.2) is 5.56 Å². The maximum Gasteiger partial charge on any atom is 0.387 e. The molecule has 1 rings (SSSR count). The Bertz CT molecular complexity index is 553. The van der Waals surface area contributed by atoms with Crippen LogP contribution < -0.4 is 4.74 Å². The zero-order valence-corrected chi connectivity index (χ0v) is 8.46. The molecule has 1 aromatic carbocycles. The van der Waals surface area contributed by atoms with Gasteiger partial charge in [0.1, 0.15) is 5.75 Å². The predicted molar refractivity (Wildman–Crippen MR) is 51.4 cm³/mol. The summed E-state index contributed by atoms with van der Waals surface area (Å²) in [7, 11) is 0. The van der Waals surface area contributed by atoms with Gasteiger partial charge in [0.05, 0.1) is 16.6 Å². The highest BCUT2D eigenvalue weighted by Crippen LogP contribution is 2.31. The van der Waals surface area contributed by atoms with E-state index in [-0.39, 0.29) is 5.56 Å². The van der Waals surface area contributed by atoms with Crippen LogP contribution in [0, 0.1) is 21.4 Å². The molecular weight excluding hydrogens is 254 g/mol. The average molecular weight is 258 g/mol. The third-order valence-corrected chi connectivity index (χ3v) is 1.84. The molecule has 0 heterocycles. The number of carboxylic acids is 1. The third kappa shape index (κ3) is 2.67. The fourth-order valence-corrected chi connectivity index (χ4v) is 1.21. The lowest BCUT2D eigenvalue weighted by Crippen LogP contribution is -2.10. The number of rotatable bonds is 4. The van der Waals surface area contributed by atoms with Crippen LogP contribution >= 0.6 is 0 Å². The molecule has 0 saturated heterocycles. The molecule has 1 aromatic rings. The minimum Gasteiger partial charge on any atom is -0.477 e. The van der Waals surface area contributed by atoms with E-state index in [0.29, 0.717) is 12.1 Å². The Balaban J connectivity index is 3.55. The maximum absolute atomic E-state index is 12.1. The molecule has 0 aliphatic carbocycles. The summed E-state index contributed by atoms with van der Waals surface area (Å²) in [4.78, 5) is 20.3. The summed E-state index contributed by atoms with van der Waals surface area (Å²) >= 11 is 0. The lowest BCUT2D eigenvalue weighted by atomic mass is 10.1. The number of halogens is 2. The molecule has 0 amide bonds. The number of hydrogen-bond acceptors (Lipinski definition) is 5. The van der Waals surface area contributed by atoms with Gasteiger partial charge in [0.25, 0.3) is 5.69 Å². The summed E-state index contributed by atoms with van der Waals surface area (Å²) in [5, 5.41) is 28.0. The second kappa shape index (κ2) is 5.05. The van der Waals surface area contributed by atoms with Gasteiger partial charge < -0.3 is 9.84 Å². The lowest BCUT2D eigenvalue weighted by molar-refractivity contribution is -0.385. The van der Waals surface area contributed by atoms with Gasteiger partial charge in [-0.05, 0) is 6.07 Å². The van der Waals surface area contributed by atoms with Gasteiger partial charge in [-0.2, -0.15) is 14.0 Å². The third-order valence-electron chi connectivity index (χ3n) is 1.84. The van der Waals surface area contributed by atoms with Crippen molar-refractivity contribution in [3.05, 3.63) is 33.4 Å². The molecule has 0 saturated carbocycles. The van der Waals surface area contributed by atoms with Crippen LogP contribution in [-0.2, 0) is 0 Å². The Kier molecular flexibility index (Phi) is 3.73. The topological polar surface area (TPSA) is 113 Å². The van der Waals surface area contributed by atoms with Crippen LogP contribution in [0.4, 0.5) is 14.5 Å². The number of aromatic carboxylic acids is 1. The lowest BCUT2D eigenvalue weighted by Gasteiger charge is -2.08. The van der Waals surface area contributed by atoms with Crippen molar-refractivity contribution in [2.24, 2.45) is 0 Å². The quantitative estimate of drug-likeness (QED) is 0.650. The number of nitrogens with zero attached hydrogens (tertiary/aromatic N) is 2. The molecule has 0 aliphatic rings. The molecule has 94 valence electrons. The van der Waals surface area contributed by atoms with Gasteiger partial charge in [-0.1, -0.05) is 0 Å². The first kappa shape index (κ1) is 13.3. The number of carboxylic acid groups (broad SMARTS) is 1. The van der Waals surface area contributed by atoms with Gasteiger partial charge in [-0.25, -0.2) is 4.79 Å². The minimum atomic E-state index is -3.36. The average Bonchev–Trinajstić information content (AvgIpc) is 2.26. The van der Waals surface area contributed by atoms with E-state index in [1.165, 1.54) is 6.07 Å². The van der Waals surface area contributed by atoms with Crippen molar-refractivity contribution in [1.29, 1.82) is 5.26 Å². The number of alkyl halides is 2. The van der Waals surface area contributed by atoms with Crippen LogP contribution in [0.25, 0.3) is 0 Å². The fourth-order valence-electron chi connectivity index (χ4n) is 1.21. The van der Waals surface area contributed by atoms with Crippen molar-refractivity contribution in [1.82, 2.24) is 0 Å². The van der Waals surface area contributed by atoms with Gasteiger partial charge in [0, 0.05) is 6.07 Å². The highest BCUT2D eigenvalue weighted by molar-refractivity contribution is 5.96. The van der Waals surface area contributed by atoms with E-state index in [9.17, 15) is 23.7 Å². The van der Waals surface area contributed by atoms with Crippen molar-refractivity contribution in [2.45, 2.75) is 6.61 Å². The number of hydrogen-bond donors (Lipinski definition) is 1. The molecule has 0 radical (unpaired) electrons. The van der Waals surface area contributed by atoms with E-state index in [2.05, 4.69) is 4.74 Å². The van der Waals surface area contributed by atoms with Crippen molar-refractivity contribution >= 4 is 11.7 Å². The summed E-state index contributed by atoms with van der Waals surface area (Å²) in [6.07, 6.45) is 0. The van der Waals surface area contributed by atoms with E-state index in [1.54, 1.807) is 0 Å². The molecule has 0 unspecified atom stereocenters. The monoisotopic (exact) mass is 258 g/mol. The molecule has 1 N–H and O–H groups in total. The van der Waals surface area contributed by atoms with Crippen LogP contribution in [-0.4, -0.2) is 22.6 Å². The van der Waals surface area contributed by atoms with E-state index in [4.69, 9.17) is 10.4 Å². The largest absolute Gasteiger partial charge is 0.477 e. The number of nitro groups is 1. The highest BCUT2D eigenvalue weighted by atomic mass is 19.3. The van der Waals surface area contributed by atoms with Crippen LogP contribution in [0.2, 0.25) is 0 Å². The number of benzene rings is 1. The summed E-state index contributed by atoms with van der Waals surface area (Å²) < 4.78 is 28.0. The van der Waals surface area contributed by atoms with Crippen molar-refractivity contribution in [3.63, 3.8) is 0 Å². The molecule has 18 heavy (non-hydrogen) atoms. The SMILES string of the molecule is N#Cc1cc(OC(F)F)c(C(=O)O)c([N+](=O)[O-])c1. The normalized spacial score (nSPS) is 9.89. The first-order chi connectivity index (χ1) is 8.36. The molecule has 0 fully saturated rings. The Morgan fingerprint density at radius 2 is 2.17 bits per heavy atom. The van der Waals surface area contributed by atoms with Gasteiger partial charge >= 0.3 is 12.6 Å². The molecule has 0 atom stereocenters. The van der Waals surface area contributed by atoms with Gasteiger partial charge in [-0.15, -0.1) is 0 Å². The number of ether oxygens (including phenoxy) is 1. The number of nitro benzene ring substituents is 1. The molecular formula is C9H4F2N2O5. The van der Waals surface area contributed by atoms with Crippen molar-refractivity contribution < 1.29 is 28.3 Å². The van der Waals surface area contributed by atoms with Crippen LogP contribution in [0.15, 0.2) is 12.1 Å². The standard InChI is InChI=1S/C9H4F2N2O5/c10-9(11)18-6-2-4(3-12)1-5(13(16)17)7(6)8(14)15/h1-2,9H,(H,14,15). The molecule has 7 nitrogen and oxygen atoms in total. The summed E-state index contributed by atoms with van der Waals surface area (Å²) in [5.74, 6) is -2.73. The second-order valence-corrected chi connectivity index (χ2v) is 2.92. The first-order valence-corrected chi connectivity index (χ1v) is 4.27. The predicted octanol–water partition coefficient (Wildman–Crippen LogP) is 1.77. The smallest absolute Gasteiger partial charge is 0.387 e. The van der Waals surface area contributed by atoms with E-state index in [1.807, 2.05) is 0 Å². The Morgan fingerprint density at radius 1 is 1.56 bits per heavy atom. The van der Waals surface area contributed by atoms with Crippen LogP contribution in [0.1, 0.15) is 15.9 Å². The minimum absolute atomic E-state index is 0.359. The Labute approximate surface area is 98.0 Å². The Hall–Kier alpha value is -2.76. The van der Waals surface area contributed by atoms with Crippen molar-refractivity contribution in [3.8, 4) is 11.8 Å². The zero-order valence-electron chi connectivity index (χ0n) is 8.46.